The SMILES string of the molecule is C=CC(C)=O.C=Cc1ccccc1-c1c(C2CCCCC2)c2ccc(C(=O)O)cc2n1CC. The minimum atomic E-state index is -0.877. The van der Waals surface area contributed by atoms with E-state index < -0.39 is 5.97 Å². The number of nitrogens with zero attached hydrogens (tertiary/aromatic N) is 1. The van der Waals surface area contributed by atoms with E-state index in [0.717, 1.165) is 17.6 Å². The van der Waals surface area contributed by atoms with Crippen LogP contribution in [0.1, 0.15) is 73.4 Å². The maximum Gasteiger partial charge on any atom is 0.335 e. The third kappa shape index (κ3) is 5.16. The molecule has 0 spiro atoms. The van der Waals surface area contributed by atoms with E-state index in [1.165, 1.54) is 67.3 Å². The number of carbonyl (C=O) groups is 2. The van der Waals surface area contributed by atoms with Gasteiger partial charge in [0.2, 0.25) is 0 Å². The maximum absolute atomic E-state index is 11.6. The fraction of sp³-hybridized carbons (Fsp3) is 0.310. The third-order valence-electron chi connectivity index (χ3n) is 6.40. The van der Waals surface area contributed by atoms with E-state index in [2.05, 4.69) is 42.8 Å². The van der Waals surface area contributed by atoms with Crippen molar-refractivity contribution in [2.24, 2.45) is 0 Å². The number of hydrogen-bond acceptors (Lipinski definition) is 2. The smallest absolute Gasteiger partial charge is 0.335 e. The summed E-state index contributed by atoms with van der Waals surface area (Å²) in [5.41, 5.74) is 6.31. The number of carbonyl (C=O) groups excluding carboxylic acids is 1. The van der Waals surface area contributed by atoms with Crippen molar-refractivity contribution < 1.29 is 14.7 Å². The number of aromatic carboxylic acids is 1. The van der Waals surface area contributed by atoms with E-state index in [4.69, 9.17) is 0 Å². The van der Waals surface area contributed by atoms with Gasteiger partial charge in [-0.3, -0.25) is 4.79 Å². The second kappa shape index (κ2) is 11.0. The first-order valence-electron chi connectivity index (χ1n) is 11.7. The van der Waals surface area contributed by atoms with E-state index in [1.54, 1.807) is 6.07 Å². The molecule has 2 aromatic carbocycles. The Kier molecular flexibility index (Phi) is 8.05. The first-order chi connectivity index (χ1) is 15.9. The molecule has 4 rings (SSSR count). The van der Waals surface area contributed by atoms with Crippen LogP contribution in [-0.2, 0) is 11.3 Å². The average Bonchev–Trinajstić information content (AvgIpc) is 3.18. The summed E-state index contributed by atoms with van der Waals surface area (Å²) < 4.78 is 2.30. The zero-order valence-corrected chi connectivity index (χ0v) is 19.6. The monoisotopic (exact) mass is 443 g/mol. The summed E-state index contributed by atoms with van der Waals surface area (Å²) in [4.78, 5) is 21.3. The molecule has 0 radical (unpaired) electrons. The average molecular weight is 444 g/mol. The van der Waals surface area contributed by atoms with Crippen LogP contribution in [0.15, 0.2) is 61.7 Å². The Morgan fingerprint density at radius 2 is 1.76 bits per heavy atom. The molecule has 1 saturated carbocycles. The number of aromatic nitrogens is 1. The van der Waals surface area contributed by atoms with Crippen molar-refractivity contribution in [2.75, 3.05) is 0 Å². The molecule has 3 aromatic rings. The molecule has 1 fully saturated rings. The molecule has 1 aliphatic carbocycles. The Morgan fingerprint density at radius 1 is 1.09 bits per heavy atom. The van der Waals surface area contributed by atoms with E-state index in [1.807, 2.05) is 24.3 Å². The lowest BCUT2D eigenvalue weighted by Crippen LogP contribution is -2.07. The standard InChI is InChI=1S/C25H27NO2.C4H6O/c1-3-17-10-8-9-13-20(17)24-23(18-11-6-5-7-12-18)21-15-14-19(25(27)28)16-22(21)26(24)4-2;1-3-4(2)5/h3,8-10,13-16,18H,1,4-7,11-12H2,2H3,(H,27,28);3H,1H2,2H3. The highest BCUT2D eigenvalue weighted by Crippen LogP contribution is 2.45. The Bertz CT molecular complexity index is 1180. The van der Waals surface area contributed by atoms with Crippen molar-refractivity contribution in [1.29, 1.82) is 0 Å². The van der Waals surface area contributed by atoms with Crippen LogP contribution in [0.4, 0.5) is 0 Å². The van der Waals surface area contributed by atoms with Crippen LogP contribution in [-0.4, -0.2) is 21.4 Å². The zero-order valence-electron chi connectivity index (χ0n) is 19.6. The fourth-order valence-corrected chi connectivity index (χ4v) is 4.82. The van der Waals surface area contributed by atoms with Gasteiger partial charge in [0, 0.05) is 23.0 Å². The van der Waals surface area contributed by atoms with Gasteiger partial charge in [-0.2, -0.15) is 0 Å². The van der Waals surface area contributed by atoms with Gasteiger partial charge < -0.3 is 9.67 Å². The molecule has 33 heavy (non-hydrogen) atoms. The molecule has 1 aliphatic rings. The molecule has 0 atom stereocenters. The first kappa shape index (κ1) is 24.2. The highest BCUT2D eigenvalue weighted by molar-refractivity contribution is 5.98. The number of fused-ring (bicyclic) bond motifs is 1. The summed E-state index contributed by atoms with van der Waals surface area (Å²) in [6, 6.07) is 14.0. The summed E-state index contributed by atoms with van der Waals surface area (Å²) >= 11 is 0. The highest BCUT2D eigenvalue weighted by atomic mass is 16.4. The molecule has 0 saturated heterocycles. The molecule has 0 unspecified atom stereocenters. The molecule has 1 aromatic heterocycles. The van der Waals surface area contributed by atoms with Crippen LogP contribution in [0.3, 0.4) is 0 Å². The molecular weight excluding hydrogens is 410 g/mol. The van der Waals surface area contributed by atoms with Crippen molar-refractivity contribution in [1.82, 2.24) is 4.57 Å². The normalized spacial score (nSPS) is 13.8. The predicted molar refractivity (Wildman–Crippen MR) is 137 cm³/mol. The van der Waals surface area contributed by atoms with E-state index >= 15 is 0 Å². The number of rotatable bonds is 6. The van der Waals surface area contributed by atoms with Gasteiger partial charge in [0.15, 0.2) is 5.78 Å². The van der Waals surface area contributed by atoms with Gasteiger partial charge in [-0.15, -0.1) is 0 Å². The van der Waals surface area contributed by atoms with Crippen LogP contribution in [0.2, 0.25) is 0 Å². The summed E-state index contributed by atoms with van der Waals surface area (Å²) in [6.07, 6.45) is 9.43. The van der Waals surface area contributed by atoms with Crippen LogP contribution >= 0.6 is 0 Å². The fourth-order valence-electron chi connectivity index (χ4n) is 4.82. The van der Waals surface area contributed by atoms with Gasteiger partial charge in [-0.05, 0) is 61.9 Å². The summed E-state index contributed by atoms with van der Waals surface area (Å²) in [7, 11) is 0. The van der Waals surface area contributed by atoms with Crippen LogP contribution in [0.5, 0.6) is 0 Å². The van der Waals surface area contributed by atoms with Crippen LogP contribution in [0, 0.1) is 0 Å². The highest BCUT2D eigenvalue weighted by Gasteiger charge is 2.27. The maximum atomic E-state index is 11.6. The summed E-state index contributed by atoms with van der Waals surface area (Å²) in [6.45, 7) is 11.6. The molecule has 172 valence electrons. The van der Waals surface area contributed by atoms with Gasteiger partial charge in [0.05, 0.1) is 11.3 Å². The number of carboxylic acids is 1. The van der Waals surface area contributed by atoms with Crippen molar-refractivity contribution in [3.05, 3.63) is 78.4 Å². The number of carboxylic acid groups (broad SMARTS) is 1. The van der Waals surface area contributed by atoms with Crippen LogP contribution < -0.4 is 0 Å². The van der Waals surface area contributed by atoms with E-state index in [9.17, 15) is 14.7 Å². The zero-order chi connectivity index (χ0) is 24.0. The molecule has 0 amide bonds. The second-order valence-electron chi connectivity index (χ2n) is 8.48. The molecule has 4 heteroatoms. The summed E-state index contributed by atoms with van der Waals surface area (Å²) in [5, 5.41) is 10.7. The Labute approximate surface area is 196 Å². The second-order valence-corrected chi connectivity index (χ2v) is 8.48. The number of benzene rings is 2. The topological polar surface area (TPSA) is 59.3 Å². The predicted octanol–water partition coefficient (Wildman–Crippen LogP) is 7.48. The number of ketones is 1. The van der Waals surface area contributed by atoms with Crippen molar-refractivity contribution in [3.63, 3.8) is 0 Å². The Balaban J connectivity index is 0.000000555. The Hall–Kier alpha value is -3.40. The first-order valence-corrected chi connectivity index (χ1v) is 11.7. The lowest BCUT2D eigenvalue weighted by molar-refractivity contribution is -0.112. The molecule has 4 nitrogen and oxygen atoms in total. The Morgan fingerprint density at radius 3 is 2.33 bits per heavy atom. The molecule has 0 aliphatic heterocycles. The molecule has 0 bridgehead atoms. The minimum absolute atomic E-state index is 0.0185. The van der Waals surface area contributed by atoms with Gasteiger partial charge in [0.1, 0.15) is 0 Å². The van der Waals surface area contributed by atoms with E-state index in [-0.39, 0.29) is 5.78 Å². The molecule has 1 N–H and O–H groups in total. The van der Waals surface area contributed by atoms with Gasteiger partial charge in [-0.25, -0.2) is 4.79 Å². The minimum Gasteiger partial charge on any atom is -0.478 e. The van der Waals surface area contributed by atoms with Gasteiger partial charge >= 0.3 is 5.97 Å². The molecule has 1 heterocycles. The lowest BCUT2D eigenvalue weighted by Gasteiger charge is -2.24. The van der Waals surface area contributed by atoms with Crippen molar-refractivity contribution in [3.8, 4) is 11.3 Å². The third-order valence-corrected chi connectivity index (χ3v) is 6.40. The van der Waals surface area contributed by atoms with E-state index in [0.29, 0.717) is 11.5 Å². The summed E-state index contributed by atoms with van der Waals surface area (Å²) in [5.74, 6) is -0.337. The number of allylic oxidation sites excluding steroid dienone is 1. The number of aryl methyl sites for hydroxylation is 1. The largest absolute Gasteiger partial charge is 0.478 e. The van der Waals surface area contributed by atoms with Crippen molar-refractivity contribution >= 4 is 28.7 Å². The number of hydrogen-bond donors (Lipinski definition) is 1. The van der Waals surface area contributed by atoms with Crippen molar-refractivity contribution in [2.45, 2.75) is 58.4 Å². The molecular formula is C29H33NO3. The lowest BCUT2D eigenvalue weighted by atomic mass is 9.81. The quantitative estimate of drug-likeness (QED) is 0.402. The van der Waals surface area contributed by atoms with Gasteiger partial charge in [0.25, 0.3) is 0 Å². The van der Waals surface area contributed by atoms with Crippen LogP contribution in [0.25, 0.3) is 28.2 Å². The van der Waals surface area contributed by atoms with Gasteiger partial charge in [-0.1, -0.05) is 68.8 Å².